The molecule has 0 bridgehead atoms. The van der Waals surface area contributed by atoms with Crippen molar-refractivity contribution in [1.82, 2.24) is 10.2 Å². The maximum atomic E-state index is 5.93. The summed E-state index contributed by atoms with van der Waals surface area (Å²) < 4.78 is 0. The van der Waals surface area contributed by atoms with Crippen LogP contribution >= 0.6 is 11.6 Å². The minimum absolute atomic E-state index is 0.503. The monoisotopic (exact) mass is 241 g/mol. The highest BCUT2D eigenvalue weighted by Gasteiger charge is 2.11. The van der Waals surface area contributed by atoms with Gasteiger partial charge in [0.05, 0.1) is 0 Å². The van der Waals surface area contributed by atoms with Gasteiger partial charge >= 0.3 is 0 Å². The third-order valence-electron chi connectivity index (χ3n) is 2.90. The molecule has 90 valence electrons. The van der Waals surface area contributed by atoms with Gasteiger partial charge in [0.2, 0.25) is 0 Å². The molecule has 0 aliphatic carbocycles. The third-order valence-corrected chi connectivity index (χ3v) is 3.26. The highest BCUT2D eigenvalue weighted by molar-refractivity contribution is 6.30. The molecule has 0 unspecified atom stereocenters. The first-order chi connectivity index (χ1) is 7.57. The normalized spacial score (nSPS) is 10.6. The van der Waals surface area contributed by atoms with E-state index in [1.807, 2.05) is 13.8 Å². The van der Waals surface area contributed by atoms with Crippen molar-refractivity contribution in [1.29, 1.82) is 0 Å². The standard InChI is InChI=1S/C12H20ClN3/c1-5-6-7-8-16(4)12-10(3)9(2)11(13)14-15-12/h5-8H2,1-4H3. The Balaban J connectivity index is 2.76. The Morgan fingerprint density at radius 2 is 1.81 bits per heavy atom. The molecule has 0 amide bonds. The van der Waals surface area contributed by atoms with Crippen LogP contribution in [-0.2, 0) is 0 Å². The summed E-state index contributed by atoms with van der Waals surface area (Å²) in [5.74, 6) is 0.943. The van der Waals surface area contributed by atoms with E-state index in [4.69, 9.17) is 11.6 Å². The maximum Gasteiger partial charge on any atom is 0.155 e. The van der Waals surface area contributed by atoms with E-state index in [0.29, 0.717) is 5.15 Å². The lowest BCUT2D eigenvalue weighted by atomic mass is 10.2. The van der Waals surface area contributed by atoms with Gasteiger partial charge < -0.3 is 4.90 Å². The van der Waals surface area contributed by atoms with Gasteiger partial charge in [0, 0.05) is 13.6 Å². The van der Waals surface area contributed by atoms with Crippen LogP contribution in [-0.4, -0.2) is 23.8 Å². The highest BCUT2D eigenvalue weighted by atomic mass is 35.5. The van der Waals surface area contributed by atoms with Crippen molar-refractivity contribution in [2.75, 3.05) is 18.5 Å². The first kappa shape index (κ1) is 13.2. The molecule has 0 saturated carbocycles. The largest absolute Gasteiger partial charge is 0.358 e. The van der Waals surface area contributed by atoms with Crippen LogP contribution in [0.5, 0.6) is 0 Å². The average Bonchev–Trinajstić information content (AvgIpc) is 2.26. The SMILES string of the molecule is CCCCCN(C)c1nnc(Cl)c(C)c1C. The fraction of sp³-hybridized carbons (Fsp3) is 0.667. The number of rotatable bonds is 5. The van der Waals surface area contributed by atoms with Gasteiger partial charge in [0.1, 0.15) is 0 Å². The second-order valence-electron chi connectivity index (χ2n) is 4.19. The number of aromatic nitrogens is 2. The van der Waals surface area contributed by atoms with E-state index in [9.17, 15) is 0 Å². The van der Waals surface area contributed by atoms with Gasteiger partial charge in [-0.2, -0.15) is 0 Å². The topological polar surface area (TPSA) is 29.0 Å². The van der Waals surface area contributed by atoms with Crippen molar-refractivity contribution in [2.24, 2.45) is 0 Å². The van der Waals surface area contributed by atoms with Crippen molar-refractivity contribution in [3.05, 3.63) is 16.3 Å². The molecular formula is C12H20ClN3. The number of nitrogens with zero attached hydrogens (tertiary/aromatic N) is 3. The van der Waals surface area contributed by atoms with Crippen molar-refractivity contribution < 1.29 is 0 Å². The van der Waals surface area contributed by atoms with Crippen LogP contribution in [0.25, 0.3) is 0 Å². The molecule has 1 aromatic rings. The zero-order valence-electron chi connectivity index (χ0n) is 10.5. The second-order valence-corrected chi connectivity index (χ2v) is 4.55. The molecule has 4 heteroatoms. The van der Waals surface area contributed by atoms with Gasteiger partial charge in [-0.3, -0.25) is 0 Å². The number of halogens is 1. The molecule has 0 atom stereocenters. The Morgan fingerprint density at radius 3 is 2.44 bits per heavy atom. The van der Waals surface area contributed by atoms with Gasteiger partial charge in [-0.25, -0.2) is 0 Å². The van der Waals surface area contributed by atoms with Crippen LogP contribution in [0.2, 0.25) is 5.15 Å². The van der Waals surface area contributed by atoms with E-state index in [-0.39, 0.29) is 0 Å². The van der Waals surface area contributed by atoms with E-state index >= 15 is 0 Å². The summed E-state index contributed by atoms with van der Waals surface area (Å²) in [6.07, 6.45) is 3.68. The first-order valence-electron chi connectivity index (χ1n) is 5.78. The third kappa shape index (κ3) is 3.08. The minimum Gasteiger partial charge on any atom is -0.358 e. The highest BCUT2D eigenvalue weighted by Crippen LogP contribution is 2.23. The number of anilines is 1. The summed E-state index contributed by atoms with van der Waals surface area (Å²) in [6.45, 7) is 7.25. The molecule has 0 aliphatic rings. The lowest BCUT2D eigenvalue weighted by Crippen LogP contribution is -2.21. The van der Waals surface area contributed by atoms with Gasteiger partial charge in [0.25, 0.3) is 0 Å². The van der Waals surface area contributed by atoms with E-state index < -0.39 is 0 Å². The molecule has 1 rings (SSSR count). The van der Waals surface area contributed by atoms with E-state index in [2.05, 4.69) is 29.1 Å². The molecule has 0 aromatic carbocycles. The molecule has 0 radical (unpaired) electrons. The van der Waals surface area contributed by atoms with E-state index in [0.717, 1.165) is 23.5 Å². The summed E-state index contributed by atoms with van der Waals surface area (Å²) >= 11 is 5.93. The Bertz CT molecular complexity index is 352. The molecule has 0 aliphatic heterocycles. The molecule has 3 nitrogen and oxygen atoms in total. The predicted octanol–water partition coefficient (Wildman–Crippen LogP) is 3.37. The van der Waals surface area contributed by atoms with Gasteiger partial charge in [-0.15, -0.1) is 10.2 Å². The lowest BCUT2D eigenvalue weighted by Gasteiger charge is -2.20. The van der Waals surface area contributed by atoms with Crippen LogP contribution in [0.1, 0.15) is 37.3 Å². The van der Waals surface area contributed by atoms with Crippen LogP contribution in [0.3, 0.4) is 0 Å². The van der Waals surface area contributed by atoms with Crippen LogP contribution in [0.15, 0.2) is 0 Å². The smallest absolute Gasteiger partial charge is 0.155 e. The molecule has 1 heterocycles. The molecule has 0 N–H and O–H groups in total. The zero-order chi connectivity index (χ0) is 12.1. The Hall–Kier alpha value is -0.830. The van der Waals surface area contributed by atoms with Gasteiger partial charge in [-0.05, 0) is 31.4 Å². The Morgan fingerprint density at radius 1 is 1.12 bits per heavy atom. The summed E-state index contributed by atoms with van der Waals surface area (Å²) in [4.78, 5) is 2.15. The second kappa shape index (κ2) is 6.04. The summed E-state index contributed by atoms with van der Waals surface area (Å²) in [5, 5.41) is 8.63. The first-order valence-corrected chi connectivity index (χ1v) is 6.16. The molecule has 1 aromatic heterocycles. The molecule has 0 fully saturated rings. The Kier molecular flexibility index (Phi) is 5.00. The van der Waals surface area contributed by atoms with E-state index in [1.165, 1.54) is 19.3 Å². The zero-order valence-corrected chi connectivity index (χ0v) is 11.3. The Labute approximate surface area is 103 Å². The molecular weight excluding hydrogens is 222 g/mol. The summed E-state index contributed by atoms with van der Waals surface area (Å²) in [6, 6.07) is 0. The number of hydrogen-bond donors (Lipinski definition) is 0. The average molecular weight is 242 g/mol. The summed E-state index contributed by atoms with van der Waals surface area (Å²) in [7, 11) is 2.06. The maximum absolute atomic E-state index is 5.93. The number of hydrogen-bond acceptors (Lipinski definition) is 3. The van der Waals surface area contributed by atoms with E-state index in [1.54, 1.807) is 0 Å². The van der Waals surface area contributed by atoms with Crippen molar-refractivity contribution >= 4 is 17.4 Å². The summed E-state index contributed by atoms with van der Waals surface area (Å²) in [5.41, 5.74) is 2.15. The van der Waals surface area contributed by atoms with Crippen molar-refractivity contribution in [2.45, 2.75) is 40.0 Å². The van der Waals surface area contributed by atoms with Crippen LogP contribution < -0.4 is 4.90 Å². The fourth-order valence-corrected chi connectivity index (χ4v) is 1.81. The van der Waals surface area contributed by atoms with Gasteiger partial charge in [0.15, 0.2) is 11.0 Å². The van der Waals surface area contributed by atoms with Crippen molar-refractivity contribution in [3.8, 4) is 0 Å². The lowest BCUT2D eigenvalue weighted by molar-refractivity contribution is 0.696. The van der Waals surface area contributed by atoms with Crippen LogP contribution in [0.4, 0.5) is 5.82 Å². The minimum atomic E-state index is 0.503. The number of unbranched alkanes of at least 4 members (excludes halogenated alkanes) is 2. The van der Waals surface area contributed by atoms with Gasteiger partial charge in [-0.1, -0.05) is 31.4 Å². The quantitative estimate of drug-likeness (QED) is 0.741. The molecule has 0 saturated heterocycles. The molecule has 16 heavy (non-hydrogen) atoms. The van der Waals surface area contributed by atoms with Crippen LogP contribution in [0, 0.1) is 13.8 Å². The van der Waals surface area contributed by atoms with Crippen molar-refractivity contribution in [3.63, 3.8) is 0 Å². The predicted molar refractivity (Wildman–Crippen MR) is 69.3 cm³/mol. The fourth-order valence-electron chi connectivity index (χ4n) is 1.63. The molecule has 0 spiro atoms.